The lowest BCUT2D eigenvalue weighted by molar-refractivity contribution is -0.141. The minimum atomic E-state index is -2.93. The van der Waals surface area contributed by atoms with Gasteiger partial charge in [0.15, 0.2) is 0 Å². The van der Waals surface area contributed by atoms with Crippen molar-refractivity contribution in [3.8, 4) is 0 Å². The molecule has 0 fully saturated rings. The summed E-state index contributed by atoms with van der Waals surface area (Å²) in [5.74, 6) is -1.49. The predicted octanol–water partition coefficient (Wildman–Crippen LogP) is 3.11. The molecule has 0 bridgehead atoms. The maximum absolute atomic E-state index is 13.6. The summed E-state index contributed by atoms with van der Waals surface area (Å²) in [4.78, 5) is 11.3. The van der Waals surface area contributed by atoms with Crippen LogP contribution in [0.5, 0.6) is 0 Å². The van der Waals surface area contributed by atoms with E-state index in [0.717, 1.165) is 10.6 Å². The predicted molar refractivity (Wildman–Crippen MR) is 86.0 cm³/mol. The Morgan fingerprint density at radius 1 is 1.00 bits per heavy atom. The molecule has 0 radical (unpaired) electrons. The molecule has 0 saturated heterocycles. The highest BCUT2D eigenvalue weighted by molar-refractivity contribution is 7.78. The van der Waals surface area contributed by atoms with E-state index in [1.54, 1.807) is 0 Å². The molecule has 4 heteroatoms. The summed E-state index contributed by atoms with van der Waals surface area (Å²) in [5.41, 5.74) is 0. The molecule has 2 aromatic rings. The monoisotopic (exact) mass is 302 g/mol. The average Bonchev–Trinajstić information content (AvgIpc) is 2.53. The standard InChI is InChI=1S/C17H19O3P/c1-2-14(17(18)19)13-21(20,15-9-5-3-6-10-15)16-11-7-4-8-12-16/h3-12,14H,2,13H2,1H3,(H,18,19). The van der Waals surface area contributed by atoms with Crippen molar-refractivity contribution in [2.45, 2.75) is 13.3 Å². The zero-order valence-corrected chi connectivity index (χ0v) is 12.9. The van der Waals surface area contributed by atoms with Crippen molar-refractivity contribution in [2.75, 3.05) is 6.16 Å². The third-order valence-corrected chi connectivity index (χ3v) is 6.89. The molecule has 0 aromatic heterocycles. The van der Waals surface area contributed by atoms with Gasteiger partial charge in [-0.2, -0.15) is 0 Å². The van der Waals surface area contributed by atoms with Crippen LogP contribution in [0.25, 0.3) is 0 Å². The molecule has 0 spiro atoms. The topological polar surface area (TPSA) is 54.4 Å². The SMILES string of the molecule is CCC(CP(=O)(c1ccccc1)c1ccccc1)C(=O)O. The van der Waals surface area contributed by atoms with Gasteiger partial charge < -0.3 is 9.67 Å². The number of hydrogen-bond donors (Lipinski definition) is 1. The molecule has 110 valence electrons. The lowest BCUT2D eigenvalue weighted by Crippen LogP contribution is -2.26. The van der Waals surface area contributed by atoms with Gasteiger partial charge in [-0.05, 0) is 6.42 Å². The van der Waals surface area contributed by atoms with E-state index in [4.69, 9.17) is 0 Å². The molecule has 0 saturated carbocycles. The number of hydrogen-bond acceptors (Lipinski definition) is 2. The second-order valence-corrected chi connectivity index (χ2v) is 7.91. The lowest BCUT2D eigenvalue weighted by Gasteiger charge is -2.22. The number of aliphatic carboxylic acids is 1. The van der Waals surface area contributed by atoms with E-state index >= 15 is 0 Å². The maximum Gasteiger partial charge on any atom is 0.306 e. The first-order chi connectivity index (χ1) is 10.1. The van der Waals surface area contributed by atoms with Gasteiger partial charge >= 0.3 is 5.97 Å². The molecule has 1 N–H and O–H groups in total. The fraction of sp³-hybridized carbons (Fsp3) is 0.235. The van der Waals surface area contributed by atoms with Gasteiger partial charge in [0.2, 0.25) is 0 Å². The molecule has 0 aliphatic heterocycles. The quantitative estimate of drug-likeness (QED) is 0.834. The van der Waals surface area contributed by atoms with E-state index in [-0.39, 0.29) is 6.16 Å². The normalized spacial score (nSPS) is 12.8. The second-order valence-electron chi connectivity index (χ2n) is 5.04. The van der Waals surface area contributed by atoms with Crippen LogP contribution in [0.4, 0.5) is 0 Å². The number of carboxylic acids is 1. The number of carboxylic acid groups (broad SMARTS) is 1. The van der Waals surface area contributed by atoms with Crippen LogP contribution in [0.2, 0.25) is 0 Å². The van der Waals surface area contributed by atoms with E-state index in [2.05, 4.69) is 0 Å². The fourth-order valence-electron chi connectivity index (χ4n) is 2.39. The van der Waals surface area contributed by atoms with Crippen LogP contribution in [0, 0.1) is 5.92 Å². The molecular weight excluding hydrogens is 283 g/mol. The Labute approximate surface area is 125 Å². The molecule has 1 unspecified atom stereocenters. The molecule has 1 atom stereocenters. The Morgan fingerprint density at radius 2 is 1.43 bits per heavy atom. The van der Waals surface area contributed by atoms with Crippen molar-refractivity contribution in [1.29, 1.82) is 0 Å². The fourth-order valence-corrected chi connectivity index (χ4v) is 5.45. The highest BCUT2D eigenvalue weighted by Gasteiger charge is 2.32. The van der Waals surface area contributed by atoms with Crippen molar-refractivity contribution in [3.05, 3.63) is 60.7 Å². The van der Waals surface area contributed by atoms with Gasteiger partial charge in [-0.1, -0.05) is 67.6 Å². The second kappa shape index (κ2) is 6.73. The summed E-state index contributed by atoms with van der Waals surface area (Å²) in [6.45, 7) is 1.82. The van der Waals surface area contributed by atoms with Crippen LogP contribution in [0.3, 0.4) is 0 Å². The van der Waals surface area contributed by atoms with Gasteiger partial charge in [0.05, 0.1) is 5.92 Å². The molecule has 21 heavy (non-hydrogen) atoms. The Hall–Kier alpha value is -1.86. The molecule has 2 aromatic carbocycles. The average molecular weight is 302 g/mol. The van der Waals surface area contributed by atoms with Crippen LogP contribution < -0.4 is 10.6 Å². The summed E-state index contributed by atoms with van der Waals surface area (Å²) < 4.78 is 13.6. The van der Waals surface area contributed by atoms with E-state index < -0.39 is 19.0 Å². The summed E-state index contributed by atoms with van der Waals surface area (Å²) in [7, 11) is -2.93. The van der Waals surface area contributed by atoms with Gasteiger partial charge in [0, 0.05) is 16.8 Å². The molecule has 0 amide bonds. The Morgan fingerprint density at radius 3 is 1.76 bits per heavy atom. The Balaban J connectivity index is 2.50. The maximum atomic E-state index is 13.6. The highest BCUT2D eigenvalue weighted by atomic mass is 31.2. The van der Waals surface area contributed by atoms with Gasteiger partial charge in [-0.15, -0.1) is 0 Å². The third-order valence-electron chi connectivity index (χ3n) is 3.67. The van der Waals surface area contributed by atoms with Crippen LogP contribution >= 0.6 is 7.14 Å². The van der Waals surface area contributed by atoms with Crippen LogP contribution in [-0.2, 0) is 9.36 Å². The first-order valence-corrected chi connectivity index (χ1v) is 8.90. The summed E-state index contributed by atoms with van der Waals surface area (Å²) >= 11 is 0. The van der Waals surface area contributed by atoms with Gasteiger partial charge in [-0.3, -0.25) is 4.79 Å². The summed E-state index contributed by atoms with van der Waals surface area (Å²) in [6.07, 6.45) is 0.631. The van der Waals surface area contributed by atoms with E-state index in [1.807, 2.05) is 67.6 Å². The molecule has 0 aliphatic carbocycles. The molecule has 2 rings (SSSR count). The van der Waals surface area contributed by atoms with Gasteiger partial charge in [0.25, 0.3) is 0 Å². The van der Waals surface area contributed by atoms with Crippen molar-refractivity contribution in [1.82, 2.24) is 0 Å². The van der Waals surface area contributed by atoms with E-state index in [0.29, 0.717) is 6.42 Å². The van der Waals surface area contributed by atoms with Crippen LogP contribution in [0.15, 0.2) is 60.7 Å². The largest absolute Gasteiger partial charge is 0.481 e. The smallest absolute Gasteiger partial charge is 0.306 e. The lowest BCUT2D eigenvalue weighted by atomic mass is 10.1. The zero-order valence-electron chi connectivity index (χ0n) is 12.0. The minimum absolute atomic E-state index is 0.160. The number of benzene rings is 2. The Bertz CT molecular complexity index is 594. The minimum Gasteiger partial charge on any atom is -0.481 e. The van der Waals surface area contributed by atoms with Gasteiger partial charge in [-0.25, -0.2) is 0 Å². The first kappa shape index (κ1) is 15.5. The molecule has 0 heterocycles. The van der Waals surface area contributed by atoms with Crippen LogP contribution in [-0.4, -0.2) is 17.2 Å². The zero-order chi connectivity index (χ0) is 15.3. The summed E-state index contributed by atoms with van der Waals surface area (Å²) in [5, 5.41) is 10.7. The van der Waals surface area contributed by atoms with Crippen molar-refractivity contribution >= 4 is 23.7 Å². The van der Waals surface area contributed by atoms with Crippen LogP contribution in [0.1, 0.15) is 13.3 Å². The summed E-state index contributed by atoms with van der Waals surface area (Å²) in [6, 6.07) is 18.4. The Kier molecular flexibility index (Phi) is 4.98. The molecule has 3 nitrogen and oxygen atoms in total. The van der Waals surface area contributed by atoms with E-state index in [1.165, 1.54) is 0 Å². The van der Waals surface area contributed by atoms with Gasteiger partial charge in [0.1, 0.15) is 7.14 Å². The molecule has 0 aliphatic rings. The number of rotatable bonds is 6. The van der Waals surface area contributed by atoms with Crippen molar-refractivity contribution < 1.29 is 14.5 Å². The highest BCUT2D eigenvalue weighted by Crippen LogP contribution is 2.45. The first-order valence-electron chi connectivity index (χ1n) is 7.01. The van der Waals surface area contributed by atoms with Crippen molar-refractivity contribution in [3.63, 3.8) is 0 Å². The third kappa shape index (κ3) is 3.43. The number of carbonyl (C=O) groups is 1. The molecular formula is C17H19O3P. The van der Waals surface area contributed by atoms with Crippen molar-refractivity contribution in [2.24, 2.45) is 5.92 Å². The van der Waals surface area contributed by atoms with E-state index in [9.17, 15) is 14.5 Å².